The quantitative estimate of drug-likeness (QED) is 0.470. The molecule has 2 aromatic rings. The summed E-state index contributed by atoms with van der Waals surface area (Å²) in [6.45, 7) is 5.75. The van der Waals surface area contributed by atoms with Crippen molar-refractivity contribution in [3.05, 3.63) is 69.5 Å². The van der Waals surface area contributed by atoms with Gasteiger partial charge in [-0.3, -0.25) is 9.59 Å². The minimum Gasteiger partial charge on any atom is -0.352 e. The fraction of sp³-hybridized carbons (Fsp3) is 0.391. The van der Waals surface area contributed by atoms with Crippen LogP contribution in [0.5, 0.6) is 0 Å². The Kier molecular flexibility index (Phi) is 10.1. The summed E-state index contributed by atoms with van der Waals surface area (Å²) in [6.07, 6.45) is 0.453. The SMILES string of the molecule is CCC(C(=O)NC(C)C)N(Cc1c(Cl)cccc1Cl)C(=O)CSCc1ccc(F)cc1. The molecule has 0 fully saturated rings. The summed E-state index contributed by atoms with van der Waals surface area (Å²) in [4.78, 5) is 27.5. The molecule has 0 saturated carbocycles. The Hall–Kier alpha value is -1.76. The van der Waals surface area contributed by atoms with Gasteiger partial charge in [0.2, 0.25) is 11.8 Å². The molecule has 168 valence electrons. The number of rotatable bonds is 10. The van der Waals surface area contributed by atoms with Crippen molar-refractivity contribution in [2.45, 2.75) is 51.6 Å². The highest BCUT2D eigenvalue weighted by atomic mass is 35.5. The first-order valence-corrected chi connectivity index (χ1v) is 12.0. The number of carbonyl (C=O) groups is 2. The van der Waals surface area contributed by atoms with Crippen LogP contribution in [0, 0.1) is 5.82 Å². The molecule has 0 saturated heterocycles. The molecule has 0 radical (unpaired) electrons. The second-order valence-electron chi connectivity index (χ2n) is 7.43. The molecule has 0 heterocycles. The standard InChI is InChI=1S/C23H27Cl2FN2O2S/c1-4-21(23(30)27-15(2)3)28(12-18-19(24)6-5-7-20(18)25)22(29)14-31-13-16-8-10-17(26)11-9-16/h5-11,15,21H,4,12-14H2,1-3H3,(H,27,30). The van der Waals surface area contributed by atoms with E-state index in [2.05, 4.69) is 5.32 Å². The first kappa shape index (κ1) is 25.5. The summed E-state index contributed by atoms with van der Waals surface area (Å²) in [5.41, 5.74) is 1.53. The molecule has 31 heavy (non-hydrogen) atoms. The van der Waals surface area contributed by atoms with Crippen molar-refractivity contribution in [1.29, 1.82) is 0 Å². The maximum absolute atomic E-state index is 13.2. The monoisotopic (exact) mass is 484 g/mol. The van der Waals surface area contributed by atoms with E-state index in [0.717, 1.165) is 5.56 Å². The molecule has 0 aliphatic rings. The fourth-order valence-corrected chi connectivity index (χ4v) is 4.46. The lowest BCUT2D eigenvalue weighted by atomic mass is 10.1. The lowest BCUT2D eigenvalue weighted by molar-refractivity contribution is -0.139. The van der Waals surface area contributed by atoms with Crippen LogP contribution in [0.2, 0.25) is 10.0 Å². The number of hydrogen-bond donors (Lipinski definition) is 1. The van der Waals surface area contributed by atoms with Crippen molar-refractivity contribution in [2.24, 2.45) is 0 Å². The largest absolute Gasteiger partial charge is 0.352 e. The van der Waals surface area contributed by atoms with Gasteiger partial charge in [0.1, 0.15) is 11.9 Å². The smallest absolute Gasteiger partial charge is 0.243 e. The summed E-state index contributed by atoms with van der Waals surface area (Å²) < 4.78 is 13.1. The minimum absolute atomic E-state index is 0.0461. The van der Waals surface area contributed by atoms with Crippen LogP contribution in [0.3, 0.4) is 0 Å². The van der Waals surface area contributed by atoms with Gasteiger partial charge >= 0.3 is 0 Å². The third-order valence-electron chi connectivity index (χ3n) is 4.61. The van der Waals surface area contributed by atoms with E-state index in [1.807, 2.05) is 20.8 Å². The summed E-state index contributed by atoms with van der Waals surface area (Å²) in [5, 5.41) is 3.79. The Balaban J connectivity index is 2.19. The van der Waals surface area contributed by atoms with Gasteiger partial charge in [0.15, 0.2) is 0 Å². The highest BCUT2D eigenvalue weighted by molar-refractivity contribution is 7.99. The molecule has 8 heteroatoms. The zero-order chi connectivity index (χ0) is 23.0. The van der Waals surface area contributed by atoms with Crippen LogP contribution in [0.25, 0.3) is 0 Å². The van der Waals surface area contributed by atoms with Crippen molar-refractivity contribution in [1.82, 2.24) is 10.2 Å². The van der Waals surface area contributed by atoms with Gasteiger partial charge in [0.25, 0.3) is 0 Å². The van der Waals surface area contributed by atoms with Crippen LogP contribution < -0.4 is 5.32 Å². The Morgan fingerprint density at radius 1 is 1.10 bits per heavy atom. The van der Waals surface area contributed by atoms with Crippen molar-refractivity contribution >= 4 is 46.8 Å². The van der Waals surface area contributed by atoms with Crippen LogP contribution in [-0.4, -0.2) is 34.6 Å². The third-order valence-corrected chi connectivity index (χ3v) is 6.31. The normalized spacial score (nSPS) is 12.0. The van der Waals surface area contributed by atoms with Gasteiger partial charge in [-0.05, 0) is 50.1 Å². The van der Waals surface area contributed by atoms with Crippen molar-refractivity contribution in [2.75, 3.05) is 5.75 Å². The molecule has 2 aromatic carbocycles. The van der Waals surface area contributed by atoms with Crippen LogP contribution >= 0.6 is 35.0 Å². The van der Waals surface area contributed by atoms with E-state index in [-0.39, 0.29) is 36.0 Å². The summed E-state index contributed by atoms with van der Waals surface area (Å²) in [7, 11) is 0. The predicted molar refractivity (Wildman–Crippen MR) is 127 cm³/mol. The summed E-state index contributed by atoms with van der Waals surface area (Å²) in [5.74, 6) is 0.0352. The van der Waals surface area contributed by atoms with Crippen LogP contribution in [0.4, 0.5) is 4.39 Å². The Labute approximate surface area is 197 Å². The van der Waals surface area contributed by atoms with E-state index in [1.54, 1.807) is 35.2 Å². The number of nitrogens with one attached hydrogen (secondary N) is 1. The van der Waals surface area contributed by atoms with Gasteiger partial charge in [-0.15, -0.1) is 11.8 Å². The molecule has 2 amide bonds. The average Bonchev–Trinajstić information content (AvgIpc) is 2.70. The van der Waals surface area contributed by atoms with E-state index < -0.39 is 6.04 Å². The first-order chi connectivity index (χ1) is 14.7. The molecular formula is C23H27Cl2FN2O2S. The molecule has 4 nitrogen and oxygen atoms in total. The highest BCUT2D eigenvalue weighted by Crippen LogP contribution is 2.27. The maximum Gasteiger partial charge on any atom is 0.243 e. The van der Waals surface area contributed by atoms with Crippen molar-refractivity contribution in [3.8, 4) is 0 Å². The topological polar surface area (TPSA) is 49.4 Å². The number of hydrogen-bond acceptors (Lipinski definition) is 3. The molecule has 1 atom stereocenters. The minimum atomic E-state index is -0.645. The number of nitrogens with zero attached hydrogens (tertiary/aromatic N) is 1. The van der Waals surface area contributed by atoms with Crippen LogP contribution in [0.15, 0.2) is 42.5 Å². The van der Waals surface area contributed by atoms with E-state index in [4.69, 9.17) is 23.2 Å². The molecule has 1 N–H and O–H groups in total. The van der Waals surface area contributed by atoms with Crippen molar-refractivity contribution < 1.29 is 14.0 Å². The van der Waals surface area contributed by atoms with E-state index in [0.29, 0.717) is 27.8 Å². The van der Waals surface area contributed by atoms with Gasteiger partial charge in [0.05, 0.1) is 5.75 Å². The Morgan fingerprint density at radius 2 is 1.71 bits per heavy atom. The Morgan fingerprint density at radius 3 is 2.26 bits per heavy atom. The number of benzene rings is 2. The molecular weight excluding hydrogens is 458 g/mol. The zero-order valence-corrected chi connectivity index (χ0v) is 20.2. The van der Waals surface area contributed by atoms with E-state index >= 15 is 0 Å². The molecule has 2 rings (SSSR count). The first-order valence-electron chi connectivity index (χ1n) is 10.1. The summed E-state index contributed by atoms with van der Waals surface area (Å²) in [6, 6.07) is 10.6. The molecule has 0 aromatic heterocycles. The van der Waals surface area contributed by atoms with Crippen LogP contribution in [-0.2, 0) is 21.9 Å². The van der Waals surface area contributed by atoms with E-state index in [1.165, 1.54) is 23.9 Å². The molecule has 0 bridgehead atoms. The van der Waals surface area contributed by atoms with Crippen LogP contribution in [0.1, 0.15) is 38.3 Å². The van der Waals surface area contributed by atoms with Gasteiger partial charge in [-0.1, -0.05) is 48.3 Å². The zero-order valence-electron chi connectivity index (χ0n) is 17.8. The number of thioether (sulfide) groups is 1. The molecule has 0 aliphatic heterocycles. The van der Waals surface area contributed by atoms with E-state index in [9.17, 15) is 14.0 Å². The number of carbonyl (C=O) groups excluding carboxylic acids is 2. The van der Waals surface area contributed by atoms with Gasteiger partial charge in [0, 0.05) is 33.9 Å². The fourth-order valence-electron chi connectivity index (χ4n) is 3.07. The Bertz CT molecular complexity index is 873. The third kappa shape index (κ3) is 7.70. The molecule has 0 aliphatic carbocycles. The second kappa shape index (κ2) is 12.3. The second-order valence-corrected chi connectivity index (χ2v) is 9.23. The lowest BCUT2D eigenvalue weighted by Gasteiger charge is -2.31. The lowest BCUT2D eigenvalue weighted by Crippen LogP contribution is -2.51. The number of amides is 2. The molecule has 0 spiro atoms. The predicted octanol–water partition coefficient (Wildman–Crippen LogP) is 5.70. The summed E-state index contributed by atoms with van der Waals surface area (Å²) >= 11 is 14.1. The van der Waals surface area contributed by atoms with Gasteiger partial charge in [-0.25, -0.2) is 4.39 Å². The highest BCUT2D eigenvalue weighted by Gasteiger charge is 2.29. The van der Waals surface area contributed by atoms with Gasteiger partial charge in [-0.2, -0.15) is 0 Å². The molecule has 1 unspecified atom stereocenters. The van der Waals surface area contributed by atoms with Crippen molar-refractivity contribution in [3.63, 3.8) is 0 Å². The van der Waals surface area contributed by atoms with Gasteiger partial charge < -0.3 is 10.2 Å². The average molecular weight is 485 g/mol. The maximum atomic E-state index is 13.2. The number of halogens is 3.